The Morgan fingerprint density at radius 1 is 1.30 bits per heavy atom. The normalized spacial score (nSPS) is 24.0. The van der Waals surface area contributed by atoms with Crippen molar-refractivity contribution in [3.63, 3.8) is 0 Å². The maximum Gasteiger partial charge on any atom is 0.438 e. The summed E-state index contributed by atoms with van der Waals surface area (Å²) >= 11 is 0. The number of nitro groups is 1. The van der Waals surface area contributed by atoms with Crippen molar-refractivity contribution in [3.05, 3.63) is 39.9 Å². The van der Waals surface area contributed by atoms with Crippen molar-refractivity contribution in [2.24, 2.45) is 11.0 Å². The molecule has 27 heavy (non-hydrogen) atoms. The molecule has 10 heteroatoms. The van der Waals surface area contributed by atoms with Crippen molar-refractivity contribution in [2.45, 2.75) is 50.4 Å². The molecule has 1 heterocycles. The van der Waals surface area contributed by atoms with E-state index in [0.717, 1.165) is 37.5 Å². The highest BCUT2D eigenvalue weighted by molar-refractivity contribution is 5.99. The molecule has 0 saturated heterocycles. The molecule has 1 fully saturated rings. The lowest BCUT2D eigenvalue weighted by atomic mass is 9.83. The zero-order valence-electron chi connectivity index (χ0n) is 14.3. The quantitative estimate of drug-likeness (QED) is 0.635. The largest absolute Gasteiger partial charge is 0.438 e. The van der Waals surface area contributed by atoms with Crippen LogP contribution in [0.25, 0.3) is 0 Å². The van der Waals surface area contributed by atoms with Gasteiger partial charge in [-0.05, 0) is 24.8 Å². The summed E-state index contributed by atoms with van der Waals surface area (Å²) in [6.45, 7) is 0. The van der Waals surface area contributed by atoms with E-state index in [1.165, 1.54) is 6.07 Å². The first-order valence-electron chi connectivity index (χ1n) is 8.59. The summed E-state index contributed by atoms with van der Waals surface area (Å²) in [6, 6.07) is 4.33. The maximum absolute atomic E-state index is 13.6. The van der Waals surface area contributed by atoms with Crippen LogP contribution in [0.5, 0.6) is 0 Å². The van der Waals surface area contributed by atoms with Crippen LogP contribution in [0.3, 0.4) is 0 Å². The summed E-state index contributed by atoms with van der Waals surface area (Å²) in [4.78, 5) is 22.8. The van der Waals surface area contributed by atoms with E-state index in [0.29, 0.717) is 12.8 Å². The van der Waals surface area contributed by atoms with Gasteiger partial charge in [-0.25, -0.2) is 0 Å². The Morgan fingerprint density at radius 3 is 2.56 bits per heavy atom. The Labute approximate surface area is 152 Å². The third-order valence-corrected chi connectivity index (χ3v) is 5.03. The van der Waals surface area contributed by atoms with Gasteiger partial charge < -0.3 is 5.11 Å². The van der Waals surface area contributed by atoms with E-state index in [-0.39, 0.29) is 22.2 Å². The third kappa shape index (κ3) is 3.53. The van der Waals surface area contributed by atoms with Crippen molar-refractivity contribution < 1.29 is 28.0 Å². The van der Waals surface area contributed by atoms with Crippen molar-refractivity contribution in [3.8, 4) is 0 Å². The molecule has 1 aliphatic heterocycles. The first kappa shape index (κ1) is 19.3. The zero-order chi connectivity index (χ0) is 19.8. The van der Waals surface area contributed by atoms with Gasteiger partial charge in [-0.3, -0.25) is 14.9 Å². The molecule has 1 aliphatic carbocycles. The highest BCUT2D eigenvalue weighted by Crippen LogP contribution is 2.43. The topological polar surface area (TPSA) is 96.0 Å². The number of alkyl halides is 3. The molecule has 2 aliphatic rings. The fourth-order valence-corrected chi connectivity index (χ4v) is 3.54. The van der Waals surface area contributed by atoms with Gasteiger partial charge in [0.05, 0.1) is 4.92 Å². The number of non-ortho nitro benzene ring substituents is 1. The molecule has 0 unspecified atom stereocenters. The van der Waals surface area contributed by atoms with Crippen LogP contribution in [-0.4, -0.2) is 38.6 Å². The van der Waals surface area contributed by atoms with Crippen LogP contribution in [0, 0.1) is 16.0 Å². The Kier molecular flexibility index (Phi) is 4.94. The SMILES string of the molecule is O=C(c1cccc([N+](=O)[O-])c1)N1N=C(C2CCCCC2)C[C@]1(O)C(F)(F)F. The Bertz CT molecular complexity index is 790. The Morgan fingerprint density at radius 2 is 1.96 bits per heavy atom. The second-order valence-corrected chi connectivity index (χ2v) is 6.84. The Hall–Kier alpha value is -2.49. The molecular formula is C17H18F3N3O4. The minimum atomic E-state index is -5.12. The third-order valence-electron chi connectivity index (χ3n) is 5.03. The average Bonchev–Trinajstić information content (AvgIpc) is 3.01. The number of carbonyl (C=O) groups is 1. The van der Waals surface area contributed by atoms with E-state index in [1.807, 2.05) is 0 Å². The van der Waals surface area contributed by atoms with E-state index in [2.05, 4.69) is 5.10 Å². The van der Waals surface area contributed by atoms with Gasteiger partial charge in [-0.15, -0.1) is 0 Å². The van der Waals surface area contributed by atoms with E-state index >= 15 is 0 Å². The number of benzene rings is 1. The number of aliphatic hydroxyl groups is 1. The van der Waals surface area contributed by atoms with Gasteiger partial charge in [-0.2, -0.15) is 23.3 Å². The number of hydrogen-bond acceptors (Lipinski definition) is 5. The second-order valence-electron chi connectivity index (χ2n) is 6.84. The maximum atomic E-state index is 13.6. The van der Waals surface area contributed by atoms with Crippen LogP contribution in [0.4, 0.5) is 18.9 Å². The highest BCUT2D eigenvalue weighted by atomic mass is 19.4. The van der Waals surface area contributed by atoms with E-state index in [4.69, 9.17) is 0 Å². The summed E-state index contributed by atoms with van der Waals surface area (Å²) in [5.74, 6) is -1.44. The van der Waals surface area contributed by atoms with Crippen molar-refractivity contribution in [1.29, 1.82) is 0 Å². The number of nitro benzene ring substituents is 1. The second kappa shape index (κ2) is 6.91. The predicted octanol–water partition coefficient (Wildman–Crippen LogP) is 3.63. The summed E-state index contributed by atoms with van der Waals surface area (Å²) in [5.41, 5.74) is -4.09. The monoisotopic (exact) mass is 385 g/mol. The van der Waals surface area contributed by atoms with Gasteiger partial charge in [0.25, 0.3) is 17.3 Å². The first-order chi connectivity index (χ1) is 12.6. The lowest BCUT2D eigenvalue weighted by Gasteiger charge is -2.32. The van der Waals surface area contributed by atoms with E-state index < -0.39 is 34.8 Å². The van der Waals surface area contributed by atoms with Gasteiger partial charge in [0.2, 0.25) is 0 Å². The van der Waals surface area contributed by atoms with Crippen LogP contribution in [0.1, 0.15) is 48.9 Å². The molecule has 1 aromatic carbocycles. The molecule has 1 amide bonds. The molecule has 1 saturated carbocycles. The van der Waals surface area contributed by atoms with Crippen molar-refractivity contribution in [1.82, 2.24) is 5.01 Å². The van der Waals surface area contributed by atoms with Crippen LogP contribution >= 0.6 is 0 Å². The Balaban J connectivity index is 1.97. The molecule has 1 atom stereocenters. The van der Waals surface area contributed by atoms with Gasteiger partial charge in [0, 0.05) is 29.8 Å². The van der Waals surface area contributed by atoms with Gasteiger partial charge >= 0.3 is 6.18 Å². The molecule has 0 aromatic heterocycles. The molecule has 3 rings (SSSR count). The number of halogens is 3. The number of rotatable bonds is 3. The number of amides is 1. The summed E-state index contributed by atoms with van der Waals surface area (Å²) in [5, 5.41) is 25.1. The molecule has 1 N–H and O–H groups in total. The summed E-state index contributed by atoms with van der Waals surface area (Å²) in [6.07, 6.45) is -1.91. The van der Waals surface area contributed by atoms with Crippen LogP contribution in [0.15, 0.2) is 29.4 Å². The molecule has 146 valence electrons. The molecule has 0 radical (unpaired) electrons. The molecule has 7 nitrogen and oxygen atoms in total. The molecule has 1 aromatic rings. The zero-order valence-corrected chi connectivity index (χ0v) is 14.3. The van der Waals surface area contributed by atoms with Crippen molar-refractivity contribution in [2.75, 3.05) is 0 Å². The van der Waals surface area contributed by atoms with Gasteiger partial charge in [0.1, 0.15) is 0 Å². The smallest absolute Gasteiger partial charge is 0.362 e. The fourth-order valence-electron chi connectivity index (χ4n) is 3.54. The lowest BCUT2D eigenvalue weighted by molar-refractivity contribution is -0.384. The fraction of sp³-hybridized carbons (Fsp3) is 0.529. The lowest BCUT2D eigenvalue weighted by Crippen LogP contribution is -2.56. The summed E-state index contributed by atoms with van der Waals surface area (Å²) in [7, 11) is 0. The number of nitrogens with zero attached hydrogens (tertiary/aromatic N) is 3. The van der Waals surface area contributed by atoms with Crippen LogP contribution in [0.2, 0.25) is 0 Å². The predicted molar refractivity (Wildman–Crippen MR) is 88.9 cm³/mol. The highest BCUT2D eigenvalue weighted by Gasteiger charge is 2.63. The van der Waals surface area contributed by atoms with Crippen LogP contribution < -0.4 is 0 Å². The van der Waals surface area contributed by atoms with Gasteiger partial charge in [-0.1, -0.05) is 25.3 Å². The minimum Gasteiger partial charge on any atom is -0.362 e. The van der Waals surface area contributed by atoms with Crippen LogP contribution in [-0.2, 0) is 0 Å². The summed E-state index contributed by atoms with van der Waals surface area (Å²) < 4.78 is 40.8. The average molecular weight is 385 g/mol. The molecular weight excluding hydrogens is 367 g/mol. The van der Waals surface area contributed by atoms with E-state index in [9.17, 15) is 33.2 Å². The van der Waals surface area contributed by atoms with E-state index in [1.54, 1.807) is 0 Å². The number of carbonyl (C=O) groups excluding carboxylic acids is 1. The minimum absolute atomic E-state index is 0.0377. The van der Waals surface area contributed by atoms with Crippen molar-refractivity contribution >= 4 is 17.3 Å². The number of hydrogen-bond donors (Lipinski definition) is 1. The number of hydrazone groups is 1. The standard InChI is InChI=1S/C17H18F3N3O4/c18-17(19,20)16(25)10-14(11-5-2-1-3-6-11)21-22(16)15(24)12-7-4-8-13(9-12)23(26)27/h4,7-9,11,25H,1-3,5-6,10H2/t16-/m0/s1. The first-order valence-corrected chi connectivity index (χ1v) is 8.59. The van der Waals surface area contributed by atoms with Gasteiger partial charge in [0.15, 0.2) is 0 Å². The molecule has 0 bridgehead atoms. The molecule has 0 spiro atoms.